The minimum absolute atomic E-state index is 0.185. The Morgan fingerprint density at radius 1 is 1.50 bits per heavy atom. The van der Waals surface area contributed by atoms with Gasteiger partial charge in [0.15, 0.2) is 0 Å². The third-order valence-electron chi connectivity index (χ3n) is 1.67. The van der Waals surface area contributed by atoms with Crippen molar-refractivity contribution in [2.45, 2.75) is 6.42 Å². The van der Waals surface area contributed by atoms with Gasteiger partial charge in [-0.1, -0.05) is 28.4 Å². The van der Waals surface area contributed by atoms with E-state index in [4.69, 9.17) is 34.1 Å². The van der Waals surface area contributed by atoms with Gasteiger partial charge < -0.3 is 16.3 Å². The van der Waals surface area contributed by atoms with Crippen molar-refractivity contribution in [1.29, 1.82) is 0 Å². The number of oxime groups is 1. The lowest BCUT2D eigenvalue weighted by Crippen LogP contribution is -2.22. The lowest BCUT2D eigenvalue weighted by molar-refractivity contribution is -0.115. The van der Waals surface area contributed by atoms with E-state index in [0.29, 0.717) is 15.7 Å². The summed E-state index contributed by atoms with van der Waals surface area (Å²) in [7, 11) is 0. The fourth-order valence-corrected chi connectivity index (χ4v) is 1.32. The third kappa shape index (κ3) is 3.60. The molecular weight excluding hydrogens is 253 g/mol. The molecule has 1 aromatic carbocycles. The minimum atomic E-state index is -0.445. The smallest absolute Gasteiger partial charge is 0.232 e. The molecule has 16 heavy (non-hydrogen) atoms. The van der Waals surface area contributed by atoms with E-state index in [1.54, 1.807) is 12.1 Å². The first-order valence-electron chi connectivity index (χ1n) is 4.24. The molecular formula is C9H9Cl2N3O2. The van der Waals surface area contributed by atoms with E-state index in [1.807, 2.05) is 0 Å². The topological polar surface area (TPSA) is 87.7 Å². The van der Waals surface area contributed by atoms with E-state index in [0.717, 1.165) is 0 Å². The molecule has 1 aromatic rings. The molecule has 0 radical (unpaired) electrons. The van der Waals surface area contributed by atoms with Gasteiger partial charge >= 0.3 is 0 Å². The van der Waals surface area contributed by atoms with Crippen LogP contribution in [0.2, 0.25) is 10.0 Å². The number of anilines is 1. The van der Waals surface area contributed by atoms with Crippen LogP contribution >= 0.6 is 23.2 Å². The number of halogens is 2. The number of benzene rings is 1. The minimum Gasteiger partial charge on any atom is -0.409 e. The van der Waals surface area contributed by atoms with Crippen molar-refractivity contribution in [3.8, 4) is 0 Å². The second kappa shape index (κ2) is 5.58. The summed E-state index contributed by atoms with van der Waals surface area (Å²) in [5.41, 5.74) is 5.56. The standard InChI is InChI=1S/C9H9Cl2N3O2/c10-5-1-2-6(11)7(3-5)13-9(15)4-8(12)14-16/h1-3,16H,4H2,(H2,12,14)(H,13,15). The van der Waals surface area contributed by atoms with Gasteiger partial charge in [0.1, 0.15) is 5.84 Å². The molecule has 0 spiro atoms. The summed E-state index contributed by atoms with van der Waals surface area (Å²) in [5, 5.41) is 14.3. The summed E-state index contributed by atoms with van der Waals surface area (Å²) in [6.45, 7) is 0. The van der Waals surface area contributed by atoms with E-state index < -0.39 is 5.91 Å². The molecule has 0 aliphatic carbocycles. The summed E-state index contributed by atoms with van der Waals surface area (Å²) in [6, 6.07) is 4.67. The largest absolute Gasteiger partial charge is 0.409 e. The first kappa shape index (κ1) is 12.6. The van der Waals surface area contributed by atoms with Crippen molar-refractivity contribution >= 4 is 40.6 Å². The van der Waals surface area contributed by atoms with Crippen LogP contribution in [0.25, 0.3) is 0 Å². The van der Waals surface area contributed by atoms with Crippen LogP contribution in [0.15, 0.2) is 23.4 Å². The SMILES string of the molecule is N/C(CC(=O)Nc1cc(Cl)ccc1Cl)=N\O. The lowest BCUT2D eigenvalue weighted by atomic mass is 10.3. The average Bonchev–Trinajstić information content (AvgIpc) is 2.23. The van der Waals surface area contributed by atoms with E-state index in [9.17, 15) is 4.79 Å². The summed E-state index contributed by atoms with van der Waals surface area (Å²) >= 11 is 11.6. The number of amidine groups is 1. The quantitative estimate of drug-likeness (QED) is 0.337. The number of hydrogen-bond acceptors (Lipinski definition) is 3. The lowest BCUT2D eigenvalue weighted by Gasteiger charge is -2.06. The normalized spacial score (nSPS) is 11.2. The van der Waals surface area contributed by atoms with E-state index in [-0.39, 0.29) is 12.3 Å². The van der Waals surface area contributed by atoms with Gasteiger partial charge in [-0.2, -0.15) is 0 Å². The third-order valence-corrected chi connectivity index (χ3v) is 2.24. The van der Waals surface area contributed by atoms with E-state index in [2.05, 4.69) is 10.5 Å². The fraction of sp³-hybridized carbons (Fsp3) is 0.111. The fourth-order valence-electron chi connectivity index (χ4n) is 0.988. The van der Waals surface area contributed by atoms with Crippen molar-refractivity contribution in [3.63, 3.8) is 0 Å². The van der Waals surface area contributed by atoms with Crippen LogP contribution < -0.4 is 11.1 Å². The van der Waals surface area contributed by atoms with Gasteiger partial charge in [0, 0.05) is 5.02 Å². The predicted molar refractivity (Wildman–Crippen MR) is 63.1 cm³/mol. The molecule has 1 rings (SSSR count). The Labute approximate surface area is 102 Å². The van der Waals surface area contributed by atoms with Crippen LogP contribution in [0, 0.1) is 0 Å². The van der Waals surface area contributed by atoms with Crippen LogP contribution in [0.4, 0.5) is 5.69 Å². The number of hydrogen-bond donors (Lipinski definition) is 3. The maximum atomic E-state index is 11.4. The number of rotatable bonds is 3. The molecule has 7 heteroatoms. The highest BCUT2D eigenvalue weighted by molar-refractivity contribution is 6.35. The molecule has 86 valence electrons. The number of nitrogens with zero attached hydrogens (tertiary/aromatic N) is 1. The van der Waals surface area contributed by atoms with Gasteiger partial charge in [0.05, 0.1) is 17.1 Å². The molecule has 0 saturated heterocycles. The van der Waals surface area contributed by atoms with E-state index in [1.165, 1.54) is 6.07 Å². The van der Waals surface area contributed by atoms with E-state index >= 15 is 0 Å². The number of nitrogens with one attached hydrogen (secondary N) is 1. The Hall–Kier alpha value is -1.46. The van der Waals surface area contributed by atoms with Gasteiger partial charge in [-0.3, -0.25) is 4.79 Å². The zero-order valence-electron chi connectivity index (χ0n) is 8.08. The zero-order valence-corrected chi connectivity index (χ0v) is 9.59. The molecule has 0 bridgehead atoms. The Morgan fingerprint density at radius 3 is 2.81 bits per heavy atom. The summed E-state index contributed by atoms with van der Waals surface area (Å²) in [4.78, 5) is 11.4. The van der Waals surface area contributed by atoms with Crippen LogP contribution in [-0.4, -0.2) is 17.0 Å². The van der Waals surface area contributed by atoms with Gasteiger partial charge in [-0.05, 0) is 18.2 Å². The van der Waals surface area contributed by atoms with Crippen molar-refractivity contribution in [3.05, 3.63) is 28.2 Å². The summed E-state index contributed by atoms with van der Waals surface area (Å²) in [5.74, 6) is -0.630. The maximum absolute atomic E-state index is 11.4. The van der Waals surface area contributed by atoms with Crippen LogP contribution in [-0.2, 0) is 4.79 Å². The number of amides is 1. The van der Waals surface area contributed by atoms with Crippen molar-refractivity contribution in [1.82, 2.24) is 0 Å². The molecule has 0 saturated carbocycles. The first-order valence-corrected chi connectivity index (χ1v) is 5.00. The maximum Gasteiger partial charge on any atom is 0.232 e. The molecule has 0 fully saturated rings. The van der Waals surface area contributed by atoms with Crippen molar-refractivity contribution in [2.24, 2.45) is 10.9 Å². The highest BCUT2D eigenvalue weighted by Gasteiger charge is 2.08. The number of carbonyl (C=O) groups is 1. The van der Waals surface area contributed by atoms with Gasteiger partial charge in [-0.15, -0.1) is 0 Å². The highest BCUT2D eigenvalue weighted by atomic mass is 35.5. The zero-order chi connectivity index (χ0) is 12.1. The molecule has 0 heterocycles. The molecule has 5 nitrogen and oxygen atoms in total. The number of nitrogens with two attached hydrogens (primary N) is 1. The molecule has 1 amide bonds. The van der Waals surface area contributed by atoms with Crippen LogP contribution in [0.3, 0.4) is 0 Å². The highest BCUT2D eigenvalue weighted by Crippen LogP contribution is 2.25. The second-order valence-corrected chi connectivity index (χ2v) is 3.78. The predicted octanol–water partition coefficient (Wildman–Crippen LogP) is 2.07. The van der Waals surface area contributed by atoms with Crippen molar-refractivity contribution < 1.29 is 10.0 Å². The molecule has 0 aliphatic heterocycles. The van der Waals surface area contributed by atoms with Gasteiger partial charge in [0.2, 0.25) is 5.91 Å². The Balaban J connectivity index is 2.73. The Morgan fingerprint density at radius 2 is 2.19 bits per heavy atom. The summed E-state index contributed by atoms with van der Waals surface area (Å²) in [6.07, 6.45) is -0.223. The first-order chi connectivity index (χ1) is 7.52. The second-order valence-electron chi connectivity index (χ2n) is 2.94. The molecule has 0 unspecified atom stereocenters. The monoisotopic (exact) mass is 261 g/mol. The van der Waals surface area contributed by atoms with Crippen molar-refractivity contribution in [2.75, 3.05) is 5.32 Å². The van der Waals surface area contributed by atoms with Crippen LogP contribution in [0.1, 0.15) is 6.42 Å². The molecule has 0 atom stereocenters. The van der Waals surface area contributed by atoms with Gasteiger partial charge in [0.25, 0.3) is 0 Å². The van der Waals surface area contributed by atoms with Crippen LogP contribution in [0.5, 0.6) is 0 Å². The molecule has 0 aromatic heterocycles. The van der Waals surface area contributed by atoms with Gasteiger partial charge in [-0.25, -0.2) is 0 Å². The average molecular weight is 262 g/mol. The Kier molecular flexibility index (Phi) is 4.39. The number of carbonyl (C=O) groups excluding carboxylic acids is 1. The molecule has 0 aliphatic rings. The Bertz CT molecular complexity index is 435. The summed E-state index contributed by atoms with van der Waals surface area (Å²) < 4.78 is 0. The molecule has 4 N–H and O–H groups in total.